The van der Waals surface area contributed by atoms with Crippen LogP contribution in [-0.4, -0.2) is 18.1 Å². The topological polar surface area (TPSA) is 38.3 Å². The SMILES string of the molecule is C[C@H]1CCC[C@H](C(=O)OCc2ccccc2)N1. The predicted molar refractivity (Wildman–Crippen MR) is 66.5 cm³/mol. The van der Waals surface area contributed by atoms with Gasteiger partial charge < -0.3 is 10.1 Å². The number of rotatable bonds is 3. The van der Waals surface area contributed by atoms with Crippen LogP contribution in [0.25, 0.3) is 0 Å². The zero-order chi connectivity index (χ0) is 12.1. The van der Waals surface area contributed by atoms with Gasteiger partial charge in [-0.05, 0) is 31.7 Å². The molecule has 3 heteroatoms. The minimum atomic E-state index is -0.125. The monoisotopic (exact) mass is 233 g/mol. The smallest absolute Gasteiger partial charge is 0.323 e. The molecule has 0 amide bonds. The van der Waals surface area contributed by atoms with E-state index in [1.54, 1.807) is 0 Å². The summed E-state index contributed by atoms with van der Waals surface area (Å²) in [5, 5.41) is 3.28. The molecule has 0 radical (unpaired) electrons. The Morgan fingerprint density at radius 1 is 1.35 bits per heavy atom. The van der Waals surface area contributed by atoms with Gasteiger partial charge in [-0.3, -0.25) is 4.79 Å². The van der Waals surface area contributed by atoms with Gasteiger partial charge in [0.05, 0.1) is 0 Å². The van der Waals surface area contributed by atoms with Gasteiger partial charge >= 0.3 is 5.97 Å². The van der Waals surface area contributed by atoms with Crippen LogP contribution in [0.2, 0.25) is 0 Å². The molecule has 17 heavy (non-hydrogen) atoms. The number of benzene rings is 1. The largest absolute Gasteiger partial charge is 0.460 e. The maximum Gasteiger partial charge on any atom is 0.323 e. The number of carbonyl (C=O) groups is 1. The summed E-state index contributed by atoms with van der Waals surface area (Å²) in [5.41, 5.74) is 1.03. The minimum absolute atomic E-state index is 0.123. The quantitative estimate of drug-likeness (QED) is 0.814. The highest BCUT2D eigenvalue weighted by Crippen LogP contribution is 2.14. The van der Waals surface area contributed by atoms with Gasteiger partial charge in [-0.1, -0.05) is 30.3 Å². The first-order valence-electron chi connectivity index (χ1n) is 6.22. The van der Waals surface area contributed by atoms with Gasteiger partial charge in [0.25, 0.3) is 0 Å². The summed E-state index contributed by atoms with van der Waals surface area (Å²) in [6, 6.07) is 10.1. The van der Waals surface area contributed by atoms with E-state index in [2.05, 4.69) is 12.2 Å². The molecule has 1 aromatic rings. The van der Waals surface area contributed by atoms with Crippen LogP contribution < -0.4 is 5.32 Å². The number of hydrogen-bond donors (Lipinski definition) is 1. The van der Waals surface area contributed by atoms with Gasteiger partial charge in [0.2, 0.25) is 0 Å². The third-order valence-electron chi connectivity index (χ3n) is 3.12. The molecule has 1 aliphatic heterocycles. The third kappa shape index (κ3) is 3.56. The highest BCUT2D eigenvalue weighted by molar-refractivity contribution is 5.75. The summed E-state index contributed by atoms with van der Waals surface area (Å²) >= 11 is 0. The average molecular weight is 233 g/mol. The summed E-state index contributed by atoms with van der Waals surface area (Å²) < 4.78 is 5.31. The molecule has 2 rings (SSSR count). The van der Waals surface area contributed by atoms with Crippen LogP contribution in [0.15, 0.2) is 30.3 Å². The van der Waals surface area contributed by atoms with Crippen LogP contribution in [-0.2, 0) is 16.1 Å². The summed E-state index contributed by atoms with van der Waals surface area (Å²) in [7, 11) is 0. The van der Waals surface area contributed by atoms with E-state index in [1.807, 2.05) is 30.3 Å². The molecule has 0 spiro atoms. The number of nitrogens with one attached hydrogen (secondary N) is 1. The molecular weight excluding hydrogens is 214 g/mol. The molecule has 0 unspecified atom stereocenters. The van der Waals surface area contributed by atoms with Gasteiger partial charge in [-0.2, -0.15) is 0 Å². The van der Waals surface area contributed by atoms with E-state index in [0.717, 1.165) is 24.8 Å². The Hall–Kier alpha value is -1.35. The first-order chi connectivity index (χ1) is 8.25. The lowest BCUT2D eigenvalue weighted by atomic mass is 10.00. The Morgan fingerprint density at radius 2 is 2.12 bits per heavy atom. The standard InChI is InChI=1S/C14H19NO2/c1-11-6-5-9-13(15-11)14(16)17-10-12-7-3-2-4-8-12/h2-4,7-8,11,13,15H,5-6,9-10H2,1H3/t11-,13+/m0/s1. The van der Waals surface area contributed by atoms with Crippen molar-refractivity contribution in [3.63, 3.8) is 0 Å². The zero-order valence-electron chi connectivity index (χ0n) is 10.2. The summed E-state index contributed by atoms with van der Waals surface area (Å²) in [6.07, 6.45) is 3.12. The van der Waals surface area contributed by atoms with Crippen LogP contribution in [0.1, 0.15) is 31.7 Å². The van der Waals surface area contributed by atoms with E-state index in [9.17, 15) is 4.79 Å². The van der Waals surface area contributed by atoms with E-state index in [4.69, 9.17) is 4.74 Å². The molecule has 1 N–H and O–H groups in total. The predicted octanol–water partition coefficient (Wildman–Crippen LogP) is 2.26. The zero-order valence-corrected chi connectivity index (χ0v) is 10.2. The van der Waals surface area contributed by atoms with Crippen LogP contribution in [0.4, 0.5) is 0 Å². The van der Waals surface area contributed by atoms with Gasteiger partial charge in [-0.25, -0.2) is 0 Å². The Bertz CT molecular complexity index is 364. The van der Waals surface area contributed by atoms with Gasteiger partial charge in [-0.15, -0.1) is 0 Å². The van der Waals surface area contributed by atoms with Gasteiger partial charge in [0, 0.05) is 6.04 Å². The lowest BCUT2D eigenvalue weighted by molar-refractivity contribution is -0.148. The highest BCUT2D eigenvalue weighted by Gasteiger charge is 2.25. The summed E-state index contributed by atoms with van der Waals surface area (Å²) in [6.45, 7) is 2.48. The summed E-state index contributed by atoms with van der Waals surface area (Å²) in [5.74, 6) is -0.125. The van der Waals surface area contributed by atoms with Crippen molar-refractivity contribution in [1.29, 1.82) is 0 Å². The lowest BCUT2D eigenvalue weighted by Gasteiger charge is -2.27. The molecular formula is C14H19NO2. The number of esters is 1. The van der Waals surface area contributed by atoms with E-state index in [-0.39, 0.29) is 12.0 Å². The van der Waals surface area contributed by atoms with Crippen LogP contribution in [0, 0.1) is 0 Å². The van der Waals surface area contributed by atoms with E-state index < -0.39 is 0 Å². The molecule has 0 aliphatic carbocycles. The van der Waals surface area contributed by atoms with Crippen LogP contribution in [0.5, 0.6) is 0 Å². The average Bonchev–Trinajstić information content (AvgIpc) is 2.37. The van der Waals surface area contributed by atoms with E-state index >= 15 is 0 Å². The Morgan fingerprint density at radius 3 is 2.82 bits per heavy atom. The molecule has 0 saturated carbocycles. The molecule has 3 nitrogen and oxygen atoms in total. The molecule has 1 heterocycles. The third-order valence-corrected chi connectivity index (χ3v) is 3.12. The fourth-order valence-corrected chi connectivity index (χ4v) is 2.15. The van der Waals surface area contributed by atoms with Crippen molar-refractivity contribution in [2.24, 2.45) is 0 Å². The highest BCUT2D eigenvalue weighted by atomic mass is 16.5. The Balaban J connectivity index is 1.81. The molecule has 2 atom stereocenters. The first kappa shape index (κ1) is 12.1. The first-order valence-corrected chi connectivity index (χ1v) is 6.22. The number of carbonyl (C=O) groups excluding carboxylic acids is 1. The molecule has 0 bridgehead atoms. The normalized spacial score (nSPS) is 24.3. The van der Waals surface area contributed by atoms with Crippen molar-refractivity contribution in [2.45, 2.75) is 44.9 Å². The van der Waals surface area contributed by atoms with Gasteiger partial charge in [0.1, 0.15) is 12.6 Å². The molecule has 92 valence electrons. The molecule has 1 fully saturated rings. The van der Waals surface area contributed by atoms with Gasteiger partial charge in [0.15, 0.2) is 0 Å². The molecule has 0 aromatic heterocycles. The minimum Gasteiger partial charge on any atom is -0.460 e. The van der Waals surface area contributed by atoms with E-state index in [1.165, 1.54) is 0 Å². The van der Waals surface area contributed by atoms with Crippen LogP contribution in [0.3, 0.4) is 0 Å². The molecule has 1 aliphatic rings. The molecule has 1 saturated heterocycles. The maximum absolute atomic E-state index is 11.8. The lowest BCUT2D eigenvalue weighted by Crippen LogP contribution is -2.46. The van der Waals surface area contributed by atoms with Crippen molar-refractivity contribution in [3.8, 4) is 0 Å². The number of ether oxygens (including phenoxy) is 1. The van der Waals surface area contributed by atoms with Crippen molar-refractivity contribution in [3.05, 3.63) is 35.9 Å². The number of hydrogen-bond acceptors (Lipinski definition) is 3. The Kier molecular flexibility index (Phi) is 4.15. The Labute approximate surface area is 102 Å². The van der Waals surface area contributed by atoms with Crippen molar-refractivity contribution in [2.75, 3.05) is 0 Å². The number of piperidine rings is 1. The van der Waals surface area contributed by atoms with Crippen molar-refractivity contribution in [1.82, 2.24) is 5.32 Å². The molecule has 1 aromatic carbocycles. The fourth-order valence-electron chi connectivity index (χ4n) is 2.15. The van der Waals surface area contributed by atoms with Crippen LogP contribution >= 0.6 is 0 Å². The van der Waals surface area contributed by atoms with Crippen molar-refractivity contribution < 1.29 is 9.53 Å². The second-order valence-electron chi connectivity index (χ2n) is 4.64. The maximum atomic E-state index is 11.8. The van der Waals surface area contributed by atoms with E-state index in [0.29, 0.717) is 12.6 Å². The summed E-state index contributed by atoms with van der Waals surface area (Å²) in [4.78, 5) is 11.8. The fraction of sp³-hybridized carbons (Fsp3) is 0.500. The second-order valence-corrected chi connectivity index (χ2v) is 4.64. The second kappa shape index (κ2) is 5.82. The van der Waals surface area contributed by atoms with Crippen molar-refractivity contribution >= 4 is 5.97 Å².